The van der Waals surface area contributed by atoms with Crippen LogP contribution in [0.15, 0.2) is 27.2 Å². The van der Waals surface area contributed by atoms with E-state index >= 15 is 0 Å². The smallest absolute Gasteiger partial charge is 0.324 e. The zero-order valence-corrected chi connectivity index (χ0v) is 13.4. The minimum atomic E-state index is -0.339. The van der Waals surface area contributed by atoms with E-state index in [1.165, 1.54) is 11.2 Å². The molecule has 9 nitrogen and oxygen atoms in total. The Morgan fingerprint density at radius 2 is 2.33 bits per heavy atom. The second kappa shape index (κ2) is 7.26. The fourth-order valence-electron chi connectivity index (χ4n) is 2.53. The highest BCUT2D eigenvalue weighted by Crippen LogP contribution is 2.18. The Labute approximate surface area is 138 Å². The van der Waals surface area contributed by atoms with Gasteiger partial charge in [0.1, 0.15) is 0 Å². The highest BCUT2D eigenvalue weighted by atomic mass is 16.4. The van der Waals surface area contributed by atoms with Crippen molar-refractivity contribution < 1.29 is 18.4 Å². The van der Waals surface area contributed by atoms with Gasteiger partial charge >= 0.3 is 6.03 Å². The van der Waals surface area contributed by atoms with Gasteiger partial charge in [-0.25, -0.2) is 4.79 Å². The molecule has 2 aromatic heterocycles. The number of nitrogens with zero attached hydrogens (tertiary/aromatic N) is 4. The van der Waals surface area contributed by atoms with Crippen LogP contribution in [0.3, 0.4) is 0 Å². The van der Waals surface area contributed by atoms with Crippen molar-refractivity contribution in [3.63, 3.8) is 0 Å². The van der Waals surface area contributed by atoms with Crippen LogP contribution >= 0.6 is 0 Å². The van der Waals surface area contributed by atoms with Gasteiger partial charge in [0.2, 0.25) is 11.8 Å². The molecule has 1 N–H and O–H groups in total. The van der Waals surface area contributed by atoms with Gasteiger partial charge in [-0.1, -0.05) is 6.92 Å². The summed E-state index contributed by atoms with van der Waals surface area (Å²) in [6, 6.07) is 3.13. The first-order valence-electron chi connectivity index (χ1n) is 7.84. The minimum Gasteiger partial charge on any atom is -0.459 e. The molecule has 1 aliphatic rings. The lowest BCUT2D eigenvalue weighted by atomic mass is 10.3. The fourth-order valence-corrected chi connectivity index (χ4v) is 2.53. The van der Waals surface area contributed by atoms with Crippen LogP contribution in [-0.2, 0) is 11.3 Å². The fraction of sp³-hybridized carbons (Fsp3) is 0.467. The van der Waals surface area contributed by atoms with E-state index in [-0.39, 0.29) is 18.5 Å². The van der Waals surface area contributed by atoms with Gasteiger partial charge in [-0.05, 0) is 25.1 Å². The third kappa shape index (κ3) is 3.62. The normalized spacial score (nSPS) is 14.4. The average molecular weight is 333 g/mol. The van der Waals surface area contributed by atoms with Crippen LogP contribution in [-0.4, -0.2) is 58.1 Å². The summed E-state index contributed by atoms with van der Waals surface area (Å²) in [6.07, 6.45) is 2.39. The van der Waals surface area contributed by atoms with Crippen LogP contribution in [0.2, 0.25) is 0 Å². The van der Waals surface area contributed by atoms with Crippen LogP contribution in [0.5, 0.6) is 0 Å². The maximum Gasteiger partial charge on any atom is 0.324 e. The Kier molecular flexibility index (Phi) is 4.90. The Balaban J connectivity index is 1.63. The van der Waals surface area contributed by atoms with Crippen LogP contribution in [0.4, 0.5) is 4.79 Å². The van der Waals surface area contributed by atoms with Crippen LogP contribution in [0, 0.1) is 0 Å². The minimum absolute atomic E-state index is 0.125. The van der Waals surface area contributed by atoms with Gasteiger partial charge in [0.15, 0.2) is 5.76 Å². The molecule has 128 valence electrons. The molecular formula is C15H19N5O4. The third-order valence-corrected chi connectivity index (χ3v) is 3.61. The number of hydrogen-bond acceptors (Lipinski definition) is 7. The van der Waals surface area contributed by atoms with Crippen molar-refractivity contribution in [2.24, 2.45) is 0 Å². The molecule has 0 radical (unpaired) electrons. The molecule has 1 saturated heterocycles. The summed E-state index contributed by atoms with van der Waals surface area (Å²) >= 11 is 0. The summed E-state index contributed by atoms with van der Waals surface area (Å²) in [5.41, 5.74) is 0. The molecule has 1 fully saturated rings. The number of urea groups is 1. The van der Waals surface area contributed by atoms with E-state index in [2.05, 4.69) is 15.5 Å². The maximum atomic E-state index is 12.3. The van der Waals surface area contributed by atoms with Gasteiger partial charge < -0.3 is 14.2 Å². The van der Waals surface area contributed by atoms with Gasteiger partial charge in [-0.3, -0.25) is 14.6 Å². The molecule has 0 bridgehead atoms. The lowest BCUT2D eigenvalue weighted by Crippen LogP contribution is -2.42. The molecule has 24 heavy (non-hydrogen) atoms. The number of amides is 3. The molecule has 0 saturated carbocycles. The van der Waals surface area contributed by atoms with Crippen molar-refractivity contribution in [2.45, 2.75) is 19.9 Å². The van der Waals surface area contributed by atoms with Crippen molar-refractivity contribution in [2.75, 3.05) is 26.2 Å². The second-order valence-electron chi connectivity index (χ2n) is 5.47. The number of carbonyl (C=O) groups is 2. The molecule has 0 unspecified atom stereocenters. The number of nitrogens with one attached hydrogen (secondary N) is 1. The zero-order valence-electron chi connectivity index (χ0n) is 13.4. The van der Waals surface area contributed by atoms with Crippen molar-refractivity contribution in [1.82, 2.24) is 25.3 Å². The van der Waals surface area contributed by atoms with E-state index in [4.69, 9.17) is 8.83 Å². The molecule has 3 rings (SSSR count). The number of imide groups is 1. The first-order valence-corrected chi connectivity index (χ1v) is 7.84. The number of carbonyl (C=O) groups excluding carboxylic acids is 2. The highest BCUT2D eigenvalue weighted by molar-refractivity contribution is 5.96. The summed E-state index contributed by atoms with van der Waals surface area (Å²) < 4.78 is 10.8. The first kappa shape index (κ1) is 16.2. The summed E-state index contributed by atoms with van der Waals surface area (Å²) in [6.45, 7) is 4.06. The third-order valence-electron chi connectivity index (χ3n) is 3.61. The van der Waals surface area contributed by atoms with Crippen molar-refractivity contribution in [3.05, 3.63) is 24.3 Å². The van der Waals surface area contributed by atoms with Crippen LogP contribution in [0.1, 0.15) is 19.2 Å². The molecule has 0 atom stereocenters. The van der Waals surface area contributed by atoms with Crippen LogP contribution in [0.25, 0.3) is 11.7 Å². The van der Waals surface area contributed by atoms with Crippen LogP contribution < -0.4 is 5.32 Å². The lowest BCUT2D eigenvalue weighted by Gasteiger charge is -2.21. The largest absolute Gasteiger partial charge is 0.459 e. The quantitative estimate of drug-likeness (QED) is 0.808. The average Bonchev–Trinajstić information content (AvgIpc) is 3.27. The second-order valence-corrected chi connectivity index (χ2v) is 5.47. The molecule has 0 spiro atoms. The highest BCUT2D eigenvalue weighted by Gasteiger charge is 2.27. The van der Waals surface area contributed by atoms with Gasteiger partial charge in [0.25, 0.3) is 5.89 Å². The zero-order chi connectivity index (χ0) is 16.9. The molecule has 3 amide bonds. The lowest BCUT2D eigenvalue weighted by molar-refractivity contribution is -0.129. The Morgan fingerprint density at radius 3 is 3.00 bits per heavy atom. The Hall–Kier alpha value is -2.68. The molecule has 2 aromatic rings. The number of rotatable bonds is 7. The summed E-state index contributed by atoms with van der Waals surface area (Å²) in [4.78, 5) is 26.9. The number of hydrogen-bond donors (Lipinski definition) is 1. The standard InChI is InChI=1S/C15H19N5O4/c1-2-6-19(10-13(21)20-7-5-16-15(20)22)9-12-17-18-14(24-12)11-4-3-8-23-11/h3-4,8H,2,5-7,9-10H2,1H3,(H,16,22). The van der Waals surface area contributed by atoms with E-state index in [1.807, 2.05) is 11.8 Å². The molecule has 0 aliphatic carbocycles. The Morgan fingerprint density at radius 1 is 1.46 bits per heavy atom. The predicted molar refractivity (Wildman–Crippen MR) is 82.7 cm³/mol. The molecular weight excluding hydrogens is 314 g/mol. The molecule has 3 heterocycles. The van der Waals surface area contributed by atoms with Gasteiger partial charge in [-0.15, -0.1) is 10.2 Å². The number of furan rings is 1. The monoisotopic (exact) mass is 333 g/mol. The molecule has 0 aromatic carbocycles. The van der Waals surface area contributed by atoms with E-state index in [0.717, 1.165) is 6.42 Å². The molecule has 9 heteroatoms. The van der Waals surface area contributed by atoms with E-state index in [1.54, 1.807) is 12.1 Å². The Bertz CT molecular complexity index is 697. The topological polar surface area (TPSA) is 105 Å². The SMILES string of the molecule is CCCN(CC(=O)N1CCNC1=O)Cc1nnc(-c2ccco2)o1. The number of aromatic nitrogens is 2. The first-order chi connectivity index (χ1) is 11.7. The maximum absolute atomic E-state index is 12.3. The summed E-state index contributed by atoms with van der Waals surface area (Å²) in [5, 5.41) is 10.6. The van der Waals surface area contributed by atoms with Gasteiger partial charge in [-0.2, -0.15) is 0 Å². The van der Waals surface area contributed by atoms with E-state index in [9.17, 15) is 9.59 Å². The van der Waals surface area contributed by atoms with Crippen molar-refractivity contribution in [1.29, 1.82) is 0 Å². The van der Waals surface area contributed by atoms with Crippen molar-refractivity contribution >= 4 is 11.9 Å². The van der Waals surface area contributed by atoms with E-state index in [0.29, 0.717) is 43.7 Å². The van der Waals surface area contributed by atoms with E-state index < -0.39 is 0 Å². The summed E-state index contributed by atoms with van der Waals surface area (Å²) in [7, 11) is 0. The van der Waals surface area contributed by atoms with Crippen molar-refractivity contribution in [3.8, 4) is 11.7 Å². The summed E-state index contributed by atoms with van der Waals surface area (Å²) in [5.74, 6) is 0.968. The van der Waals surface area contributed by atoms with Gasteiger partial charge in [0.05, 0.1) is 19.4 Å². The molecule has 1 aliphatic heterocycles. The predicted octanol–water partition coefficient (Wildman–Crippen LogP) is 1.09. The van der Waals surface area contributed by atoms with Gasteiger partial charge in [0, 0.05) is 13.1 Å².